The molecule has 1 aliphatic carbocycles. The highest BCUT2D eigenvalue weighted by molar-refractivity contribution is 7.68. The van der Waals surface area contributed by atoms with Gasteiger partial charge in [0.1, 0.15) is 11.5 Å². The lowest BCUT2D eigenvalue weighted by Gasteiger charge is -2.35. The number of fused-ring (bicyclic) bond motifs is 6. The number of rotatable bonds is 3. The standard InChI is InChI=1S/C27H24O4P2/c28-32(19-20-9-1-2-10-21(20)22-11-3-6-14-25(22)30-32)17-18-33(29)27-16-8-5-13-24(27)23-12-4-7-15-26(23)31-33/h1-11,13-16,23H,12,17-19H2. The third-order valence-electron chi connectivity index (χ3n) is 6.65. The molecule has 2 aliphatic heterocycles. The molecule has 0 spiro atoms. The van der Waals surface area contributed by atoms with Crippen LogP contribution in [0.15, 0.2) is 96.8 Å². The number of hydrogen-bond acceptors (Lipinski definition) is 4. The van der Waals surface area contributed by atoms with Gasteiger partial charge in [0.05, 0.1) is 11.5 Å². The van der Waals surface area contributed by atoms with Crippen LogP contribution in [0.3, 0.4) is 0 Å². The lowest BCUT2D eigenvalue weighted by molar-refractivity contribution is 0.368. The van der Waals surface area contributed by atoms with Gasteiger partial charge in [-0.3, -0.25) is 9.13 Å². The van der Waals surface area contributed by atoms with Crippen LogP contribution in [0, 0.1) is 0 Å². The fourth-order valence-electron chi connectivity index (χ4n) is 5.03. The van der Waals surface area contributed by atoms with Crippen molar-refractivity contribution in [2.45, 2.75) is 18.5 Å². The largest absolute Gasteiger partial charge is 0.444 e. The van der Waals surface area contributed by atoms with Crippen molar-refractivity contribution >= 4 is 20.0 Å². The molecule has 33 heavy (non-hydrogen) atoms. The van der Waals surface area contributed by atoms with Crippen molar-refractivity contribution in [2.75, 3.05) is 12.3 Å². The molecule has 4 nitrogen and oxygen atoms in total. The Kier molecular flexibility index (Phi) is 4.98. The van der Waals surface area contributed by atoms with E-state index < -0.39 is 14.7 Å². The highest BCUT2D eigenvalue weighted by Gasteiger charge is 2.42. The fraction of sp³-hybridized carbons (Fsp3) is 0.185. The summed E-state index contributed by atoms with van der Waals surface area (Å²) in [5.41, 5.74) is 4.03. The number of para-hydroxylation sites is 1. The van der Waals surface area contributed by atoms with Crippen molar-refractivity contribution in [3.8, 4) is 16.9 Å². The zero-order chi connectivity index (χ0) is 22.5. The van der Waals surface area contributed by atoms with E-state index in [9.17, 15) is 9.13 Å². The van der Waals surface area contributed by atoms with E-state index in [1.54, 1.807) is 0 Å². The molecule has 2 heterocycles. The van der Waals surface area contributed by atoms with Gasteiger partial charge in [0.2, 0.25) is 0 Å². The molecule has 166 valence electrons. The number of allylic oxidation sites excluding steroid dienone is 4. The van der Waals surface area contributed by atoms with Crippen LogP contribution in [0.1, 0.15) is 23.5 Å². The van der Waals surface area contributed by atoms with Crippen molar-refractivity contribution in [2.24, 2.45) is 0 Å². The summed E-state index contributed by atoms with van der Waals surface area (Å²) in [6.45, 7) is 0. The molecule has 0 fully saturated rings. The molecule has 6 heteroatoms. The Labute approximate surface area is 193 Å². The smallest absolute Gasteiger partial charge is 0.277 e. The van der Waals surface area contributed by atoms with Crippen LogP contribution in [-0.4, -0.2) is 12.3 Å². The van der Waals surface area contributed by atoms with E-state index in [4.69, 9.17) is 9.05 Å². The van der Waals surface area contributed by atoms with Gasteiger partial charge < -0.3 is 9.05 Å². The summed E-state index contributed by atoms with van der Waals surface area (Å²) < 4.78 is 40.8. The minimum Gasteiger partial charge on any atom is -0.444 e. The van der Waals surface area contributed by atoms with Crippen LogP contribution < -0.4 is 9.83 Å². The minimum absolute atomic E-state index is 0.0946. The molecule has 3 unspecified atom stereocenters. The van der Waals surface area contributed by atoms with Gasteiger partial charge in [-0.05, 0) is 41.3 Å². The Morgan fingerprint density at radius 1 is 0.818 bits per heavy atom. The maximum atomic E-state index is 14.2. The van der Waals surface area contributed by atoms with Gasteiger partial charge in [-0.1, -0.05) is 72.8 Å². The van der Waals surface area contributed by atoms with Crippen LogP contribution in [0.2, 0.25) is 0 Å². The average molecular weight is 474 g/mol. The summed E-state index contributed by atoms with van der Waals surface area (Å²) in [5.74, 6) is 1.46. The van der Waals surface area contributed by atoms with Gasteiger partial charge in [-0.15, -0.1) is 0 Å². The molecule has 3 atom stereocenters. The van der Waals surface area contributed by atoms with E-state index in [2.05, 4.69) is 6.08 Å². The molecule has 0 bridgehead atoms. The Hall–Kier alpha value is -2.80. The summed E-state index contributed by atoms with van der Waals surface area (Å²) in [5, 5.41) is 0.754. The summed E-state index contributed by atoms with van der Waals surface area (Å²) >= 11 is 0. The molecule has 0 N–H and O–H groups in total. The predicted octanol–water partition coefficient (Wildman–Crippen LogP) is 7.09. The summed E-state index contributed by atoms with van der Waals surface area (Å²) in [6.07, 6.45) is 7.49. The van der Waals surface area contributed by atoms with Gasteiger partial charge >= 0.3 is 0 Å². The molecule has 3 aromatic rings. The zero-order valence-corrected chi connectivity index (χ0v) is 19.9. The van der Waals surface area contributed by atoms with Gasteiger partial charge in [0.15, 0.2) is 0 Å². The molecule has 0 saturated heterocycles. The Bertz CT molecular complexity index is 1350. The van der Waals surface area contributed by atoms with Crippen LogP contribution in [-0.2, 0) is 19.8 Å². The Morgan fingerprint density at radius 2 is 1.58 bits per heavy atom. The van der Waals surface area contributed by atoms with E-state index in [1.807, 2.05) is 84.9 Å². The van der Waals surface area contributed by atoms with Crippen LogP contribution in [0.4, 0.5) is 0 Å². The topological polar surface area (TPSA) is 52.6 Å². The minimum atomic E-state index is -3.24. The quantitative estimate of drug-likeness (QED) is 0.381. The predicted molar refractivity (Wildman–Crippen MR) is 133 cm³/mol. The molecule has 0 aromatic heterocycles. The van der Waals surface area contributed by atoms with Crippen molar-refractivity contribution < 1.29 is 18.2 Å². The SMILES string of the molecule is O=P1(CCP2(=O)OC3=CC=CCC3c3ccccc32)Cc2ccccc2-c2ccccc2O1. The van der Waals surface area contributed by atoms with Crippen LogP contribution >= 0.6 is 14.7 Å². The molecule has 6 rings (SSSR count). The fourth-order valence-corrected chi connectivity index (χ4v) is 10.8. The van der Waals surface area contributed by atoms with E-state index in [0.717, 1.165) is 39.7 Å². The van der Waals surface area contributed by atoms with E-state index in [-0.39, 0.29) is 18.2 Å². The first-order valence-electron chi connectivity index (χ1n) is 11.2. The van der Waals surface area contributed by atoms with Gasteiger partial charge in [0.25, 0.3) is 14.7 Å². The molecule has 0 radical (unpaired) electrons. The van der Waals surface area contributed by atoms with Crippen molar-refractivity contribution in [3.63, 3.8) is 0 Å². The second-order valence-corrected chi connectivity index (χ2v) is 13.8. The second-order valence-electron chi connectivity index (χ2n) is 8.77. The molecular formula is C27H24O4P2. The van der Waals surface area contributed by atoms with Crippen molar-refractivity contribution in [3.05, 3.63) is 108 Å². The third-order valence-corrected chi connectivity index (χ3v) is 11.7. The molecule has 3 aromatic carbocycles. The number of hydrogen-bond donors (Lipinski definition) is 0. The maximum absolute atomic E-state index is 14.2. The first kappa shape index (κ1) is 20.8. The van der Waals surface area contributed by atoms with Crippen molar-refractivity contribution in [1.29, 1.82) is 0 Å². The van der Waals surface area contributed by atoms with E-state index in [0.29, 0.717) is 11.9 Å². The molecule has 3 aliphatic rings. The first-order valence-corrected chi connectivity index (χ1v) is 15.1. The summed E-state index contributed by atoms with van der Waals surface area (Å²) in [7, 11) is -6.40. The Morgan fingerprint density at radius 3 is 2.48 bits per heavy atom. The first-order chi connectivity index (χ1) is 16.0. The van der Waals surface area contributed by atoms with Crippen LogP contribution in [0.25, 0.3) is 11.1 Å². The van der Waals surface area contributed by atoms with E-state index >= 15 is 0 Å². The van der Waals surface area contributed by atoms with Crippen molar-refractivity contribution in [1.82, 2.24) is 0 Å². The molecular weight excluding hydrogens is 450 g/mol. The zero-order valence-electron chi connectivity index (χ0n) is 18.1. The molecule has 0 saturated carbocycles. The highest BCUT2D eigenvalue weighted by Crippen LogP contribution is 2.62. The second kappa shape index (κ2) is 7.90. The third kappa shape index (κ3) is 3.62. The average Bonchev–Trinajstić information content (AvgIpc) is 2.97. The van der Waals surface area contributed by atoms with Gasteiger partial charge in [-0.25, -0.2) is 0 Å². The summed E-state index contributed by atoms with van der Waals surface area (Å²) in [4.78, 5) is 0. The number of benzene rings is 3. The maximum Gasteiger partial charge on any atom is 0.277 e. The highest BCUT2D eigenvalue weighted by atomic mass is 31.2. The van der Waals surface area contributed by atoms with E-state index in [1.165, 1.54) is 0 Å². The van der Waals surface area contributed by atoms with Gasteiger partial charge in [0, 0.05) is 23.8 Å². The lowest BCUT2D eigenvalue weighted by atomic mass is 9.90. The monoisotopic (exact) mass is 474 g/mol. The Balaban J connectivity index is 1.36. The summed E-state index contributed by atoms with van der Waals surface area (Å²) in [6, 6.07) is 23.5. The van der Waals surface area contributed by atoms with Gasteiger partial charge in [-0.2, -0.15) is 0 Å². The normalized spacial score (nSPS) is 26.9. The van der Waals surface area contributed by atoms with Crippen LogP contribution in [0.5, 0.6) is 5.75 Å². The molecule has 0 amide bonds. The lowest BCUT2D eigenvalue weighted by Crippen LogP contribution is -2.26.